The fourth-order valence-corrected chi connectivity index (χ4v) is 2.47. The quantitative estimate of drug-likeness (QED) is 0.725. The number of rotatable bonds is 3. The average molecular weight is 288 g/mol. The summed E-state index contributed by atoms with van der Waals surface area (Å²) in [6.45, 7) is 4.16. The van der Waals surface area contributed by atoms with Gasteiger partial charge in [0.2, 0.25) is 0 Å². The molecule has 0 heterocycles. The van der Waals surface area contributed by atoms with Crippen LogP contribution in [0.2, 0.25) is 0 Å². The summed E-state index contributed by atoms with van der Waals surface area (Å²) >= 11 is 0. The van der Waals surface area contributed by atoms with E-state index in [2.05, 4.69) is 6.58 Å². The van der Waals surface area contributed by atoms with Crippen molar-refractivity contribution in [3.05, 3.63) is 90.5 Å². The third-order valence-corrected chi connectivity index (χ3v) is 3.63. The first-order chi connectivity index (χ1) is 10.6. The van der Waals surface area contributed by atoms with Gasteiger partial charge in [0.15, 0.2) is 0 Å². The van der Waals surface area contributed by atoms with Crippen LogP contribution in [-0.2, 0) is 0 Å². The summed E-state index contributed by atoms with van der Waals surface area (Å²) < 4.78 is 0. The molecule has 0 aliphatic carbocycles. The zero-order chi connectivity index (χ0) is 15.5. The molecule has 0 aliphatic rings. The van der Waals surface area contributed by atoms with Crippen LogP contribution in [-0.4, -0.2) is 10.2 Å². The highest BCUT2D eigenvalue weighted by molar-refractivity contribution is 5.88. The Morgan fingerprint density at radius 3 is 2.05 bits per heavy atom. The van der Waals surface area contributed by atoms with Gasteiger partial charge in [-0.3, -0.25) is 0 Å². The summed E-state index contributed by atoms with van der Waals surface area (Å²) in [5, 5.41) is 19.3. The Hall–Kier alpha value is -3.00. The summed E-state index contributed by atoms with van der Waals surface area (Å²) in [4.78, 5) is 0. The first-order valence-electron chi connectivity index (χ1n) is 7.02. The lowest BCUT2D eigenvalue weighted by Gasteiger charge is -2.13. The first-order valence-corrected chi connectivity index (χ1v) is 7.02. The molecular formula is C20H16O2. The maximum atomic E-state index is 9.84. The molecular weight excluding hydrogens is 272 g/mol. The van der Waals surface area contributed by atoms with Gasteiger partial charge in [-0.25, -0.2) is 0 Å². The molecule has 2 heteroatoms. The zero-order valence-electron chi connectivity index (χ0n) is 12.0. The Bertz CT molecular complexity index is 803. The van der Waals surface area contributed by atoms with Gasteiger partial charge in [-0.05, 0) is 52.1 Å². The van der Waals surface area contributed by atoms with Crippen molar-refractivity contribution in [3.63, 3.8) is 0 Å². The van der Waals surface area contributed by atoms with E-state index in [0.29, 0.717) is 0 Å². The van der Waals surface area contributed by atoms with Gasteiger partial charge in [0.05, 0.1) is 0 Å². The van der Waals surface area contributed by atoms with Gasteiger partial charge < -0.3 is 10.2 Å². The Morgan fingerprint density at radius 1 is 0.727 bits per heavy atom. The van der Waals surface area contributed by atoms with E-state index in [4.69, 9.17) is 0 Å². The van der Waals surface area contributed by atoms with Gasteiger partial charge in [0.1, 0.15) is 11.5 Å². The van der Waals surface area contributed by atoms with Crippen LogP contribution in [0.1, 0.15) is 11.1 Å². The Labute approximate surface area is 129 Å². The van der Waals surface area contributed by atoms with E-state index in [0.717, 1.165) is 27.8 Å². The molecule has 3 aromatic rings. The average Bonchev–Trinajstić information content (AvgIpc) is 2.55. The molecule has 2 N–H and O–H groups in total. The summed E-state index contributed by atoms with van der Waals surface area (Å²) in [6, 6.07) is 22.2. The van der Waals surface area contributed by atoms with E-state index in [1.807, 2.05) is 48.5 Å². The van der Waals surface area contributed by atoms with Crippen LogP contribution in [0.4, 0.5) is 0 Å². The number of benzene rings is 3. The van der Waals surface area contributed by atoms with Gasteiger partial charge in [-0.2, -0.15) is 0 Å². The number of phenolic OH excluding ortho intramolecular Hbond substituents is 2. The topological polar surface area (TPSA) is 40.5 Å². The van der Waals surface area contributed by atoms with Crippen molar-refractivity contribution < 1.29 is 10.2 Å². The normalized spacial score (nSPS) is 10.4. The van der Waals surface area contributed by atoms with Crippen LogP contribution in [0.3, 0.4) is 0 Å². The molecule has 0 atom stereocenters. The van der Waals surface area contributed by atoms with E-state index >= 15 is 0 Å². The van der Waals surface area contributed by atoms with Crippen molar-refractivity contribution in [2.24, 2.45) is 0 Å². The van der Waals surface area contributed by atoms with Crippen molar-refractivity contribution in [3.8, 4) is 22.6 Å². The van der Waals surface area contributed by atoms with Crippen LogP contribution in [0.5, 0.6) is 11.5 Å². The Balaban J connectivity index is 2.11. The van der Waals surface area contributed by atoms with Gasteiger partial charge in [0, 0.05) is 0 Å². The highest BCUT2D eigenvalue weighted by Gasteiger charge is 2.11. The Kier molecular flexibility index (Phi) is 3.67. The van der Waals surface area contributed by atoms with E-state index < -0.39 is 0 Å². The second-order valence-electron chi connectivity index (χ2n) is 5.12. The van der Waals surface area contributed by atoms with E-state index in [1.165, 1.54) is 0 Å². The molecule has 0 fully saturated rings. The molecule has 2 nitrogen and oxygen atoms in total. The van der Waals surface area contributed by atoms with Crippen LogP contribution < -0.4 is 0 Å². The van der Waals surface area contributed by atoms with Crippen molar-refractivity contribution >= 4 is 5.57 Å². The molecule has 0 aliphatic heterocycles. The molecule has 0 spiro atoms. The number of phenols is 2. The van der Waals surface area contributed by atoms with E-state index in [9.17, 15) is 10.2 Å². The Morgan fingerprint density at radius 2 is 1.36 bits per heavy atom. The molecule has 0 bridgehead atoms. The highest BCUT2D eigenvalue weighted by atomic mass is 16.3. The molecule has 22 heavy (non-hydrogen) atoms. The lowest BCUT2D eigenvalue weighted by molar-refractivity contribution is 0.474. The minimum Gasteiger partial charge on any atom is -0.508 e. The lowest BCUT2D eigenvalue weighted by atomic mass is 9.91. The fourth-order valence-electron chi connectivity index (χ4n) is 2.47. The molecule has 0 amide bonds. The first kappa shape index (κ1) is 14.0. The van der Waals surface area contributed by atoms with Crippen LogP contribution >= 0.6 is 0 Å². The third-order valence-electron chi connectivity index (χ3n) is 3.63. The summed E-state index contributed by atoms with van der Waals surface area (Å²) in [5.74, 6) is 0.422. The minimum absolute atomic E-state index is 0.203. The molecule has 0 unspecified atom stereocenters. The summed E-state index contributed by atoms with van der Waals surface area (Å²) in [5.41, 5.74) is 4.65. The molecule has 0 saturated heterocycles. The highest BCUT2D eigenvalue weighted by Crippen LogP contribution is 2.34. The van der Waals surface area contributed by atoms with Gasteiger partial charge in [-0.15, -0.1) is 0 Å². The minimum atomic E-state index is 0.203. The standard InChI is InChI=1S/C20H16O2/c1-14(15-7-9-17(21)10-8-15)20-13-18(22)11-12-19(20)16-5-3-2-4-6-16/h2-13,21-22H,1H2. The second-order valence-corrected chi connectivity index (χ2v) is 5.12. The molecule has 3 rings (SSSR count). The maximum Gasteiger partial charge on any atom is 0.116 e. The molecule has 108 valence electrons. The van der Waals surface area contributed by atoms with Gasteiger partial charge in [-0.1, -0.05) is 55.1 Å². The fraction of sp³-hybridized carbons (Fsp3) is 0. The van der Waals surface area contributed by atoms with E-state index in [-0.39, 0.29) is 11.5 Å². The lowest BCUT2D eigenvalue weighted by Crippen LogP contribution is -1.91. The number of aromatic hydroxyl groups is 2. The third kappa shape index (κ3) is 2.72. The van der Waals surface area contributed by atoms with Crippen LogP contribution in [0, 0.1) is 0 Å². The van der Waals surface area contributed by atoms with Crippen molar-refractivity contribution in [1.82, 2.24) is 0 Å². The van der Waals surface area contributed by atoms with E-state index in [1.54, 1.807) is 24.3 Å². The van der Waals surface area contributed by atoms with Crippen LogP contribution in [0.15, 0.2) is 79.4 Å². The monoisotopic (exact) mass is 288 g/mol. The van der Waals surface area contributed by atoms with Crippen molar-refractivity contribution in [2.75, 3.05) is 0 Å². The van der Waals surface area contributed by atoms with Crippen LogP contribution in [0.25, 0.3) is 16.7 Å². The predicted molar refractivity (Wildman–Crippen MR) is 89.8 cm³/mol. The van der Waals surface area contributed by atoms with Crippen molar-refractivity contribution in [1.29, 1.82) is 0 Å². The molecule has 3 aromatic carbocycles. The molecule has 0 aromatic heterocycles. The number of hydrogen-bond donors (Lipinski definition) is 2. The smallest absolute Gasteiger partial charge is 0.116 e. The maximum absolute atomic E-state index is 9.84. The summed E-state index contributed by atoms with van der Waals surface area (Å²) in [6.07, 6.45) is 0. The second kappa shape index (κ2) is 5.78. The largest absolute Gasteiger partial charge is 0.508 e. The van der Waals surface area contributed by atoms with Gasteiger partial charge in [0.25, 0.3) is 0 Å². The molecule has 0 saturated carbocycles. The molecule has 0 radical (unpaired) electrons. The SMILES string of the molecule is C=C(c1ccc(O)cc1)c1cc(O)ccc1-c1ccccc1. The van der Waals surface area contributed by atoms with Crippen molar-refractivity contribution in [2.45, 2.75) is 0 Å². The van der Waals surface area contributed by atoms with Gasteiger partial charge >= 0.3 is 0 Å². The predicted octanol–water partition coefficient (Wildman–Crippen LogP) is 4.83. The number of hydrogen-bond acceptors (Lipinski definition) is 2. The zero-order valence-corrected chi connectivity index (χ0v) is 12.0. The summed E-state index contributed by atoms with van der Waals surface area (Å²) in [7, 11) is 0.